The van der Waals surface area contributed by atoms with Gasteiger partial charge in [0.25, 0.3) is 0 Å². The number of aryl methyl sites for hydroxylation is 2. The molecule has 0 atom stereocenters. The zero-order chi connectivity index (χ0) is 16.2. The highest BCUT2D eigenvalue weighted by atomic mass is 16.1. The van der Waals surface area contributed by atoms with Gasteiger partial charge in [0.2, 0.25) is 5.91 Å². The zero-order valence-electron chi connectivity index (χ0n) is 13.3. The van der Waals surface area contributed by atoms with Crippen LogP contribution in [0.2, 0.25) is 0 Å². The molecular formula is C19H19N3O. The Hall–Kier alpha value is -2.88. The summed E-state index contributed by atoms with van der Waals surface area (Å²) in [5.41, 5.74) is 4.97. The van der Waals surface area contributed by atoms with Gasteiger partial charge in [-0.05, 0) is 54.8 Å². The van der Waals surface area contributed by atoms with E-state index in [-0.39, 0.29) is 5.91 Å². The molecule has 0 bridgehead atoms. The predicted octanol–water partition coefficient (Wildman–Crippen LogP) is 3.67. The van der Waals surface area contributed by atoms with Crippen molar-refractivity contribution in [3.05, 3.63) is 77.6 Å². The summed E-state index contributed by atoms with van der Waals surface area (Å²) in [5.74, 6) is -0.0392. The van der Waals surface area contributed by atoms with Crippen LogP contribution in [0.1, 0.15) is 16.7 Å². The summed E-state index contributed by atoms with van der Waals surface area (Å²) in [6, 6.07) is 15.9. The second-order valence-corrected chi connectivity index (χ2v) is 5.73. The summed E-state index contributed by atoms with van der Waals surface area (Å²) >= 11 is 0. The molecule has 0 aliphatic heterocycles. The van der Waals surface area contributed by atoms with Crippen LogP contribution in [0.5, 0.6) is 0 Å². The van der Waals surface area contributed by atoms with Crippen molar-refractivity contribution in [1.29, 1.82) is 0 Å². The van der Waals surface area contributed by atoms with Crippen LogP contribution in [0.15, 0.2) is 60.9 Å². The largest absolute Gasteiger partial charge is 0.326 e. The molecule has 0 spiro atoms. The van der Waals surface area contributed by atoms with Gasteiger partial charge in [0.1, 0.15) is 0 Å². The molecule has 1 heterocycles. The lowest BCUT2D eigenvalue weighted by molar-refractivity contribution is -0.115. The van der Waals surface area contributed by atoms with E-state index in [1.807, 2.05) is 62.5 Å². The summed E-state index contributed by atoms with van der Waals surface area (Å²) in [6.07, 6.45) is 3.92. The highest BCUT2D eigenvalue weighted by Gasteiger charge is 2.08. The van der Waals surface area contributed by atoms with E-state index in [0.29, 0.717) is 6.42 Å². The van der Waals surface area contributed by atoms with E-state index in [4.69, 9.17) is 0 Å². The molecular weight excluding hydrogens is 286 g/mol. The minimum absolute atomic E-state index is 0.0392. The Labute approximate surface area is 135 Å². The average Bonchev–Trinajstić information content (AvgIpc) is 2.95. The molecule has 0 unspecified atom stereocenters. The van der Waals surface area contributed by atoms with Gasteiger partial charge >= 0.3 is 0 Å². The fraction of sp³-hybridized carbons (Fsp3) is 0.158. The molecule has 4 nitrogen and oxygen atoms in total. The van der Waals surface area contributed by atoms with Crippen LogP contribution in [0.3, 0.4) is 0 Å². The van der Waals surface area contributed by atoms with Crippen LogP contribution in [-0.4, -0.2) is 15.7 Å². The fourth-order valence-electron chi connectivity index (χ4n) is 2.61. The third kappa shape index (κ3) is 3.86. The number of rotatable bonds is 4. The number of carbonyl (C=O) groups excluding carboxylic acids is 1. The van der Waals surface area contributed by atoms with Gasteiger partial charge in [-0.25, -0.2) is 4.68 Å². The maximum Gasteiger partial charge on any atom is 0.228 e. The molecule has 1 amide bonds. The number of carbonyl (C=O) groups is 1. The number of nitrogens with one attached hydrogen (secondary N) is 1. The van der Waals surface area contributed by atoms with Crippen LogP contribution >= 0.6 is 0 Å². The standard InChI is InChI=1S/C19H19N3O/c1-14-8-15(2)10-17(9-14)21-19(23)11-16-12-20-22(13-16)18-6-4-3-5-7-18/h3-10,12-13H,11H2,1-2H3,(H,21,23). The number of hydrogen-bond acceptors (Lipinski definition) is 2. The Balaban J connectivity index is 1.68. The first kappa shape index (κ1) is 15.0. The van der Waals surface area contributed by atoms with Crippen molar-refractivity contribution >= 4 is 11.6 Å². The highest BCUT2D eigenvalue weighted by Crippen LogP contribution is 2.14. The van der Waals surface area contributed by atoms with Crippen LogP contribution in [0, 0.1) is 13.8 Å². The van der Waals surface area contributed by atoms with E-state index in [1.165, 1.54) is 0 Å². The lowest BCUT2D eigenvalue weighted by atomic mass is 10.1. The third-order valence-corrected chi connectivity index (χ3v) is 3.53. The number of para-hydroxylation sites is 1. The number of hydrogen-bond donors (Lipinski definition) is 1. The van der Waals surface area contributed by atoms with Gasteiger partial charge in [-0.2, -0.15) is 5.10 Å². The first-order chi connectivity index (χ1) is 11.1. The monoisotopic (exact) mass is 305 g/mol. The van der Waals surface area contributed by atoms with E-state index >= 15 is 0 Å². The highest BCUT2D eigenvalue weighted by molar-refractivity contribution is 5.92. The summed E-state index contributed by atoms with van der Waals surface area (Å²) in [5, 5.41) is 7.26. The number of benzene rings is 2. The van der Waals surface area contributed by atoms with Gasteiger partial charge in [-0.15, -0.1) is 0 Å². The Morgan fingerprint density at radius 2 is 1.78 bits per heavy atom. The molecule has 4 heteroatoms. The minimum atomic E-state index is -0.0392. The van der Waals surface area contributed by atoms with Crippen molar-refractivity contribution in [1.82, 2.24) is 9.78 Å². The SMILES string of the molecule is Cc1cc(C)cc(NC(=O)Cc2cnn(-c3ccccc3)c2)c1. The maximum atomic E-state index is 12.2. The van der Waals surface area contributed by atoms with Gasteiger partial charge in [-0.1, -0.05) is 24.3 Å². The van der Waals surface area contributed by atoms with Gasteiger partial charge in [0.15, 0.2) is 0 Å². The zero-order valence-corrected chi connectivity index (χ0v) is 13.3. The molecule has 1 aromatic heterocycles. The first-order valence-electron chi connectivity index (χ1n) is 7.57. The molecule has 0 aliphatic carbocycles. The molecule has 23 heavy (non-hydrogen) atoms. The van der Waals surface area contributed by atoms with Crippen LogP contribution in [0.4, 0.5) is 5.69 Å². The van der Waals surface area contributed by atoms with Crippen LogP contribution in [-0.2, 0) is 11.2 Å². The minimum Gasteiger partial charge on any atom is -0.326 e. The Morgan fingerprint density at radius 1 is 1.09 bits per heavy atom. The smallest absolute Gasteiger partial charge is 0.228 e. The average molecular weight is 305 g/mol. The molecule has 1 N–H and O–H groups in total. The van der Waals surface area contributed by atoms with Crippen molar-refractivity contribution in [2.45, 2.75) is 20.3 Å². The third-order valence-electron chi connectivity index (χ3n) is 3.53. The Morgan fingerprint density at radius 3 is 2.48 bits per heavy atom. The molecule has 116 valence electrons. The molecule has 2 aromatic carbocycles. The number of aromatic nitrogens is 2. The molecule has 0 saturated carbocycles. The number of anilines is 1. The van der Waals surface area contributed by atoms with E-state index in [9.17, 15) is 4.79 Å². The van der Waals surface area contributed by atoms with Gasteiger partial charge in [-0.3, -0.25) is 4.79 Å². The van der Waals surface area contributed by atoms with Crippen molar-refractivity contribution in [3.8, 4) is 5.69 Å². The summed E-state index contributed by atoms with van der Waals surface area (Å²) in [7, 11) is 0. The van der Waals surface area contributed by atoms with E-state index in [1.54, 1.807) is 10.9 Å². The van der Waals surface area contributed by atoms with Crippen molar-refractivity contribution in [2.24, 2.45) is 0 Å². The van der Waals surface area contributed by atoms with E-state index in [2.05, 4.69) is 16.5 Å². The molecule has 3 rings (SSSR count). The maximum absolute atomic E-state index is 12.2. The topological polar surface area (TPSA) is 46.9 Å². The second kappa shape index (κ2) is 6.48. The fourth-order valence-corrected chi connectivity index (χ4v) is 2.61. The predicted molar refractivity (Wildman–Crippen MR) is 91.8 cm³/mol. The van der Waals surface area contributed by atoms with E-state index < -0.39 is 0 Å². The molecule has 0 radical (unpaired) electrons. The number of nitrogens with zero attached hydrogens (tertiary/aromatic N) is 2. The summed E-state index contributed by atoms with van der Waals surface area (Å²) in [6.45, 7) is 4.04. The second-order valence-electron chi connectivity index (χ2n) is 5.73. The van der Waals surface area contributed by atoms with Crippen molar-refractivity contribution < 1.29 is 4.79 Å². The molecule has 0 saturated heterocycles. The first-order valence-corrected chi connectivity index (χ1v) is 7.57. The quantitative estimate of drug-likeness (QED) is 0.799. The summed E-state index contributed by atoms with van der Waals surface area (Å²) in [4.78, 5) is 12.2. The van der Waals surface area contributed by atoms with E-state index in [0.717, 1.165) is 28.1 Å². The normalized spacial score (nSPS) is 10.5. The molecule has 3 aromatic rings. The van der Waals surface area contributed by atoms with Crippen molar-refractivity contribution in [2.75, 3.05) is 5.32 Å². The lowest BCUT2D eigenvalue weighted by Crippen LogP contribution is -2.14. The lowest BCUT2D eigenvalue weighted by Gasteiger charge is -2.07. The number of amides is 1. The van der Waals surface area contributed by atoms with Gasteiger partial charge in [0.05, 0.1) is 18.3 Å². The van der Waals surface area contributed by atoms with Gasteiger partial charge < -0.3 is 5.32 Å². The summed E-state index contributed by atoms with van der Waals surface area (Å²) < 4.78 is 1.78. The molecule has 0 fully saturated rings. The van der Waals surface area contributed by atoms with Crippen molar-refractivity contribution in [3.63, 3.8) is 0 Å². The molecule has 0 aliphatic rings. The Bertz CT molecular complexity index is 801. The van der Waals surface area contributed by atoms with Crippen LogP contribution < -0.4 is 5.32 Å². The van der Waals surface area contributed by atoms with Gasteiger partial charge in [0, 0.05) is 11.9 Å². The Kier molecular flexibility index (Phi) is 4.24. The van der Waals surface area contributed by atoms with Crippen LogP contribution in [0.25, 0.3) is 5.69 Å².